The second-order valence-electron chi connectivity index (χ2n) is 5.97. The normalized spacial score (nSPS) is 15.8. The molecule has 1 aliphatic rings. The summed E-state index contributed by atoms with van der Waals surface area (Å²) in [5, 5.41) is 2.85. The first-order valence-electron chi connectivity index (χ1n) is 8.30. The topological polar surface area (TPSA) is 49.4 Å². The van der Waals surface area contributed by atoms with Gasteiger partial charge in [-0.3, -0.25) is 9.59 Å². The molecule has 0 aliphatic carbocycles. The molecule has 22 heavy (non-hydrogen) atoms. The molecule has 1 aromatic rings. The van der Waals surface area contributed by atoms with Crippen molar-refractivity contribution in [3.8, 4) is 0 Å². The highest BCUT2D eigenvalue weighted by molar-refractivity contribution is 5.95. The van der Waals surface area contributed by atoms with E-state index in [4.69, 9.17) is 0 Å². The first-order chi connectivity index (χ1) is 10.7. The number of carbonyl (C=O) groups excluding carboxylic acids is 2. The molecule has 2 amide bonds. The van der Waals surface area contributed by atoms with Gasteiger partial charge >= 0.3 is 0 Å². The standard InChI is InChI=1S/C18H26N2O2/c1-15-9-5-6-10-16(15)18(22)19-12-11-17(21)20-13-7-3-2-4-8-14-20/h5-6,9-10H,2-4,7-8,11-14H2,1H3,(H,19,22). The number of hydrogen-bond acceptors (Lipinski definition) is 2. The van der Waals surface area contributed by atoms with Crippen molar-refractivity contribution in [2.24, 2.45) is 0 Å². The second kappa shape index (κ2) is 8.57. The molecule has 0 saturated carbocycles. The number of nitrogens with zero attached hydrogens (tertiary/aromatic N) is 1. The van der Waals surface area contributed by atoms with Crippen LogP contribution in [0.2, 0.25) is 0 Å². The lowest BCUT2D eigenvalue weighted by molar-refractivity contribution is -0.131. The molecule has 1 saturated heterocycles. The van der Waals surface area contributed by atoms with Crippen LogP contribution in [0.15, 0.2) is 24.3 Å². The number of benzene rings is 1. The molecule has 0 atom stereocenters. The van der Waals surface area contributed by atoms with Gasteiger partial charge in [-0.2, -0.15) is 0 Å². The van der Waals surface area contributed by atoms with Gasteiger partial charge in [0.15, 0.2) is 0 Å². The van der Waals surface area contributed by atoms with E-state index in [1.807, 2.05) is 36.1 Å². The molecule has 1 aliphatic heterocycles. The molecule has 1 aromatic carbocycles. The van der Waals surface area contributed by atoms with E-state index in [0.29, 0.717) is 18.5 Å². The average molecular weight is 302 g/mol. The highest BCUT2D eigenvalue weighted by Crippen LogP contribution is 2.11. The fraction of sp³-hybridized carbons (Fsp3) is 0.556. The van der Waals surface area contributed by atoms with Crippen molar-refractivity contribution in [2.45, 2.75) is 45.4 Å². The third-order valence-corrected chi connectivity index (χ3v) is 4.22. The first-order valence-corrected chi connectivity index (χ1v) is 8.30. The summed E-state index contributed by atoms with van der Waals surface area (Å²) in [7, 11) is 0. The Morgan fingerprint density at radius 3 is 2.36 bits per heavy atom. The zero-order valence-corrected chi connectivity index (χ0v) is 13.4. The van der Waals surface area contributed by atoms with Crippen LogP contribution in [0.25, 0.3) is 0 Å². The third kappa shape index (κ3) is 4.86. The summed E-state index contributed by atoms with van der Waals surface area (Å²) in [5.74, 6) is 0.0607. The molecule has 2 rings (SSSR count). The van der Waals surface area contributed by atoms with E-state index >= 15 is 0 Å². The summed E-state index contributed by atoms with van der Waals surface area (Å²) in [4.78, 5) is 26.3. The second-order valence-corrected chi connectivity index (χ2v) is 5.97. The van der Waals surface area contributed by atoms with Crippen LogP contribution in [0.3, 0.4) is 0 Å². The highest BCUT2D eigenvalue weighted by Gasteiger charge is 2.15. The lowest BCUT2D eigenvalue weighted by atomic mass is 10.1. The van der Waals surface area contributed by atoms with Crippen molar-refractivity contribution in [1.82, 2.24) is 10.2 Å². The van der Waals surface area contributed by atoms with Crippen LogP contribution in [0.1, 0.15) is 54.4 Å². The SMILES string of the molecule is Cc1ccccc1C(=O)NCCC(=O)N1CCCCCCC1. The Kier molecular flexibility index (Phi) is 6.44. The molecular weight excluding hydrogens is 276 g/mol. The number of rotatable bonds is 4. The van der Waals surface area contributed by atoms with E-state index < -0.39 is 0 Å². The number of likely N-dealkylation sites (tertiary alicyclic amines) is 1. The molecule has 0 spiro atoms. The zero-order chi connectivity index (χ0) is 15.8. The largest absolute Gasteiger partial charge is 0.352 e. The number of aryl methyl sites for hydroxylation is 1. The molecule has 1 heterocycles. The number of carbonyl (C=O) groups is 2. The van der Waals surface area contributed by atoms with Gasteiger partial charge in [-0.1, -0.05) is 37.5 Å². The van der Waals surface area contributed by atoms with Crippen LogP contribution in [0.4, 0.5) is 0 Å². The molecule has 1 fully saturated rings. The average Bonchev–Trinajstić information content (AvgIpc) is 2.47. The van der Waals surface area contributed by atoms with E-state index in [0.717, 1.165) is 31.5 Å². The fourth-order valence-corrected chi connectivity index (χ4v) is 2.86. The Labute approximate surface area is 132 Å². The zero-order valence-electron chi connectivity index (χ0n) is 13.4. The molecule has 4 heteroatoms. The van der Waals surface area contributed by atoms with E-state index in [9.17, 15) is 9.59 Å². The first kappa shape index (κ1) is 16.5. The molecule has 0 unspecified atom stereocenters. The molecule has 1 N–H and O–H groups in total. The summed E-state index contributed by atoms with van der Waals surface area (Å²) in [6.07, 6.45) is 6.30. The van der Waals surface area contributed by atoms with Crippen LogP contribution >= 0.6 is 0 Å². The Bertz CT molecular complexity index is 506. The lowest BCUT2D eigenvalue weighted by Crippen LogP contribution is -2.36. The summed E-state index contributed by atoms with van der Waals surface area (Å²) < 4.78 is 0. The minimum Gasteiger partial charge on any atom is -0.352 e. The van der Waals surface area contributed by atoms with Gasteiger partial charge in [0, 0.05) is 31.6 Å². The number of nitrogens with one attached hydrogen (secondary N) is 1. The molecule has 0 radical (unpaired) electrons. The van der Waals surface area contributed by atoms with E-state index in [1.165, 1.54) is 19.3 Å². The Morgan fingerprint density at radius 2 is 1.68 bits per heavy atom. The monoisotopic (exact) mass is 302 g/mol. The van der Waals surface area contributed by atoms with Gasteiger partial charge in [-0.25, -0.2) is 0 Å². The van der Waals surface area contributed by atoms with E-state index in [1.54, 1.807) is 0 Å². The van der Waals surface area contributed by atoms with Gasteiger partial charge in [0.05, 0.1) is 0 Å². The quantitative estimate of drug-likeness (QED) is 0.929. The van der Waals surface area contributed by atoms with Crippen molar-refractivity contribution in [2.75, 3.05) is 19.6 Å². The fourth-order valence-electron chi connectivity index (χ4n) is 2.86. The minimum absolute atomic E-state index is 0.0985. The van der Waals surface area contributed by atoms with E-state index in [2.05, 4.69) is 5.32 Å². The maximum Gasteiger partial charge on any atom is 0.251 e. The summed E-state index contributed by atoms with van der Waals surface area (Å²) in [5.41, 5.74) is 1.64. The van der Waals surface area contributed by atoms with Crippen molar-refractivity contribution in [3.63, 3.8) is 0 Å². The van der Waals surface area contributed by atoms with E-state index in [-0.39, 0.29) is 11.8 Å². The van der Waals surface area contributed by atoms with Crippen LogP contribution in [0, 0.1) is 6.92 Å². The van der Waals surface area contributed by atoms with Gasteiger partial charge in [0.25, 0.3) is 5.91 Å². The summed E-state index contributed by atoms with van der Waals surface area (Å²) in [6, 6.07) is 7.50. The van der Waals surface area contributed by atoms with Crippen molar-refractivity contribution < 1.29 is 9.59 Å². The Hall–Kier alpha value is -1.84. The van der Waals surface area contributed by atoms with Gasteiger partial charge in [-0.15, -0.1) is 0 Å². The van der Waals surface area contributed by atoms with Crippen molar-refractivity contribution in [3.05, 3.63) is 35.4 Å². The number of hydrogen-bond donors (Lipinski definition) is 1. The molecule has 0 aromatic heterocycles. The lowest BCUT2D eigenvalue weighted by Gasteiger charge is -2.24. The van der Waals surface area contributed by atoms with Crippen molar-refractivity contribution in [1.29, 1.82) is 0 Å². The predicted octanol–water partition coefficient (Wildman–Crippen LogP) is 2.91. The smallest absolute Gasteiger partial charge is 0.251 e. The maximum absolute atomic E-state index is 12.2. The van der Waals surface area contributed by atoms with Crippen LogP contribution < -0.4 is 5.32 Å². The molecule has 4 nitrogen and oxygen atoms in total. The predicted molar refractivity (Wildman–Crippen MR) is 87.8 cm³/mol. The Balaban J connectivity index is 1.76. The molecule has 0 bridgehead atoms. The van der Waals surface area contributed by atoms with Gasteiger partial charge in [0.1, 0.15) is 0 Å². The maximum atomic E-state index is 12.2. The van der Waals surface area contributed by atoms with Gasteiger partial charge in [-0.05, 0) is 31.4 Å². The third-order valence-electron chi connectivity index (χ3n) is 4.22. The Morgan fingerprint density at radius 1 is 1.05 bits per heavy atom. The summed E-state index contributed by atoms with van der Waals surface area (Å²) in [6.45, 7) is 4.05. The van der Waals surface area contributed by atoms with Crippen molar-refractivity contribution >= 4 is 11.8 Å². The number of amides is 2. The van der Waals surface area contributed by atoms with Crippen LogP contribution in [-0.4, -0.2) is 36.3 Å². The van der Waals surface area contributed by atoms with Crippen LogP contribution in [0.5, 0.6) is 0 Å². The highest BCUT2D eigenvalue weighted by atomic mass is 16.2. The molecule has 120 valence electrons. The van der Waals surface area contributed by atoms with Crippen LogP contribution in [-0.2, 0) is 4.79 Å². The summed E-state index contributed by atoms with van der Waals surface area (Å²) >= 11 is 0. The van der Waals surface area contributed by atoms with Gasteiger partial charge < -0.3 is 10.2 Å². The van der Waals surface area contributed by atoms with Gasteiger partial charge in [0.2, 0.25) is 5.91 Å². The molecular formula is C18H26N2O2. The minimum atomic E-state index is -0.0985.